The molecular weight excluding hydrogens is 576 g/mol. The fourth-order valence-corrected chi connectivity index (χ4v) is 12.5. The van der Waals surface area contributed by atoms with E-state index in [0.717, 1.165) is 37.7 Å². The van der Waals surface area contributed by atoms with E-state index in [9.17, 15) is 35.1 Å². The molecule has 0 amide bonds. The van der Waals surface area contributed by atoms with E-state index in [1.807, 2.05) is 0 Å². The summed E-state index contributed by atoms with van der Waals surface area (Å²) in [6.45, 7) is 15.0. The Balaban J connectivity index is 1.35. The third-order valence-electron chi connectivity index (χ3n) is 15.3. The number of hydrogen-bond acceptors (Lipinski definition) is 7. The van der Waals surface area contributed by atoms with Crippen molar-refractivity contribution in [2.45, 2.75) is 143 Å². The second-order valence-electron chi connectivity index (χ2n) is 17.2. The summed E-state index contributed by atoms with van der Waals surface area (Å²) in [4.78, 5) is 26.8. The summed E-state index contributed by atoms with van der Waals surface area (Å²) in [7, 11) is 0. The number of ether oxygens (including phenoxy) is 2. The molecule has 254 valence electrons. The number of allylic oxidation sites excluding steroid dienone is 1. The van der Waals surface area contributed by atoms with Crippen LogP contribution in [0.2, 0.25) is 0 Å². The number of aliphatic hydroxyl groups excluding tert-OH is 3. The number of aliphatic hydroxyl groups is 3. The third kappa shape index (κ3) is 4.28. The second-order valence-corrected chi connectivity index (χ2v) is 17.2. The standard InChI is InChI=1S/C36H56O9/c1-18-10-15-35(30(40)41)16-17-36(31(42)43)21(25(35)19(18)2)8-9-23-33(6)13-12-24(32(4,5)22(33)11-14-34(23,36)7)45-29-28(39)27(38)26(37)20(3)44-29/h8,18-20,22-29,37-39H,9-17H2,1-7H3,(H,40,41)(H,42,43)/t18-,19+,20+,22?,23?,24+,25+,26+,27-,28-,29+,33+,34-,35+,36-/m0/s1. The van der Waals surface area contributed by atoms with Crippen molar-refractivity contribution in [3.8, 4) is 0 Å². The fraction of sp³-hybridized carbons (Fsp3) is 0.889. The molecule has 0 aromatic carbocycles. The maximum atomic E-state index is 13.8. The highest BCUT2D eigenvalue weighted by Gasteiger charge is 2.73. The number of carbonyl (C=O) groups is 2. The van der Waals surface area contributed by atoms with Crippen molar-refractivity contribution in [1.29, 1.82) is 0 Å². The molecule has 2 unspecified atom stereocenters. The minimum absolute atomic E-state index is 0.0958. The van der Waals surface area contributed by atoms with Gasteiger partial charge in [0.15, 0.2) is 6.29 Å². The molecule has 1 saturated heterocycles. The Labute approximate surface area is 267 Å². The Bertz CT molecular complexity index is 1250. The lowest BCUT2D eigenvalue weighted by Gasteiger charge is -2.70. The summed E-state index contributed by atoms with van der Waals surface area (Å²) in [5.74, 6) is -1.08. The Morgan fingerprint density at radius 2 is 1.51 bits per heavy atom. The molecule has 0 spiro atoms. The van der Waals surface area contributed by atoms with Crippen LogP contribution >= 0.6 is 0 Å². The molecule has 0 radical (unpaired) electrons. The molecule has 1 aliphatic heterocycles. The number of carboxylic acid groups (broad SMARTS) is 2. The first kappa shape index (κ1) is 33.4. The minimum atomic E-state index is -1.36. The number of fused-ring (bicyclic) bond motifs is 7. The first-order valence-corrected chi connectivity index (χ1v) is 17.4. The van der Waals surface area contributed by atoms with Gasteiger partial charge in [-0.2, -0.15) is 0 Å². The van der Waals surface area contributed by atoms with E-state index < -0.39 is 58.9 Å². The average molecular weight is 633 g/mol. The summed E-state index contributed by atoms with van der Waals surface area (Å²) in [5.41, 5.74) is -2.13. The molecule has 15 atom stereocenters. The maximum absolute atomic E-state index is 13.8. The lowest BCUT2D eigenvalue weighted by Crippen LogP contribution is -2.68. The molecule has 9 nitrogen and oxygen atoms in total. The van der Waals surface area contributed by atoms with E-state index in [2.05, 4.69) is 47.6 Å². The first-order valence-electron chi connectivity index (χ1n) is 17.4. The van der Waals surface area contributed by atoms with Crippen molar-refractivity contribution in [2.75, 3.05) is 0 Å². The number of hydrogen-bond donors (Lipinski definition) is 5. The van der Waals surface area contributed by atoms with Gasteiger partial charge in [0.2, 0.25) is 0 Å². The Morgan fingerprint density at radius 3 is 2.16 bits per heavy atom. The normalized spacial score (nSPS) is 54.0. The van der Waals surface area contributed by atoms with Gasteiger partial charge in [0.1, 0.15) is 18.3 Å². The van der Waals surface area contributed by atoms with Crippen molar-refractivity contribution in [3.05, 3.63) is 11.6 Å². The van der Waals surface area contributed by atoms with Gasteiger partial charge in [-0.15, -0.1) is 0 Å². The number of carboxylic acids is 2. The van der Waals surface area contributed by atoms with Crippen LogP contribution in [-0.4, -0.2) is 74.3 Å². The Hall–Kier alpha value is -1.52. The lowest BCUT2D eigenvalue weighted by molar-refractivity contribution is -0.324. The van der Waals surface area contributed by atoms with Crippen LogP contribution in [0.15, 0.2) is 11.6 Å². The summed E-state index contributed by atoms with van der Waals surface area (Å²) in [6.07, 6.45) is 2.36. The predicted molar refractivity (Wildman–Crippen MR) is 166 cm³/mol. The highest BCUT2D eigenvalue weighted by atomic mass is 16.7. The van der Waals surface area contributed by atoms with Crippen LogP contribution in [0.1, 0.15) is 106 Å². The van der Waals surface area contributed by atoms with Crippen molar-refractivity contribution >= 4 is 11.9 Å². The molecule has 4 saturated carbocycles. The summed E-state index contributed by atoms with van der Waals surface area (Å²) in [6, 6.07) is 0. The third-order valence-corrected chi connectivity index (χ3v) is 15.3. The molecule has 5 fully saturated rings. The SMILES string of the molecule is C[C@@H]1[C@@H](C)CC[C@@]2(C(=O)O)CC[C@@]3(C(=O)O)C(=CCC4[C@]5(C)CC[C@@H](O[C@H]6O[C@H](C)[C@@H](O)[C@H](O)[C@@H]6O)C(C)(C)C5CC[C@@]43C)[C@@H]12. The highest BCUT2D eigenvalue weighted by Crippen LogP contribution is 2.76. The monoisotopic (exact) mass is 632 g/mol. The van der Waals surface area contributed by atoms with Crippen LogP contribution in [0, 0.1) is 56.7 Å². The van der Waals surface area contributed by atoms with Gasteiger partial charge in [-0.25, -0.2) is 0 Å². The van der Waals surface area contributed by atoms with Gasteiger partial charge in [-0.3, -0.25) is 9.59 Å². The second kappa shape index (κ2) is 10.7. The topological polar surface area (TPSA) is 154 Å². The average Bonchev–Trinajstić information content (AvgIpc) is 2.97. The molecular formula is C36H56O9. The molecule has 45 heavy (non-hydrogen) atoms. The van der Waals surface area contributed by atoms with Crippen LogP contribution in [0.4, 0.5) is 0 Å². The van der Waals surface area contributed by atoms with Gasteiger partial charge in [-0.1, -0.05) is 53.2 Å². The minimum Gasteiger partial charge on any atom is -0.481 e. The molecule has 5 N–H and O–H groups in total. The van der Waals surface area contributed by atoms with Crippen molar-refractivity contribution in [2.24, 2.45) is 56.7 Å². The molecule has 0 aromatic rings. The summed E-state index contributed by atoms with van der Waals surface area (Å²) >= 11 is 0. The predicted octanol–water partition coefficient (Wildman–Crippen LogP) is 5.01. The van der Waals surface area contributed by atoms with Crippen molar-refractivity contribution in [3.63, 3.8) is 0 Å². The van der Waals surface area contributed by atoms with Gasteiger partial charge in [0.05, 0.1) is 23.0 Å². The maximum Gasteiger partial charge on any atom is 0.314 e. The van der Waals surface area contributed by atoms with Gasteiger partial charge in [0.25, 0.3) is 0 Å². The van der Waals surface area contributed by atoms with Crippen LogP contribution in [-0.2, 0) is 19.1 Å². The van der Waals surface area contributed by atoms with E-state index in [1.165, 1.54) is 0 Å². The number of aliphatic carboxylic acids is 2. The van der Waals surface area contributed by atoms with E-state index in [1.54, 1.807) is 6.92 Å². The molecule has 1 heterocycles. The number of rotatable bonds is 4. The molecule has 9 heteroatoms. The lowest BCUT2D eigenvalue weighted by atomic mass is 9.33. The molecule has 6 aliphatic rings. The molecule has 6 rings (SSSR count). The Morgan fingerprint density at radius 1 is 0.822 bits per heavy atom. The van der Waals surface area contributed by atoms with E-state index in [4.69, 9.17) is 9.47 Å². The van der Waals surface area contributed by atoms with Crippen LogP contribution in [0.5, 0.6) is 0 Å². The van der Waals surface area contributed by atoms with E-state index in [-0.39, 0.29) is 40.6 Å². The van der Waals surface area contributed by atoms with E-state index in [0.29, 0.717) is 31.6 Å². The summed E-state index contributed by atoms with van der Waals surface area (Å²) < 4.78 is 12.3. The van der Waals surface area contributed by atoms with Crippen LogP contribution < -0.4 is 0 Å². The highest BCUT2D eigenvalue weighted by molar-refractivity contribution is 5.84. The van der Waals surface area contributed by atoms with Gasteiger partial charge in [0, 0.05) is 0 Å². The van der Waals surface area contributed by atoms with Gasteiger partial charge in [-0.05, 0) is 111 Å². The van der Waals surface area contributed by atoms with Gasteiger partial charge >= 0.3 is 11.9 Å². The quantitative estimate of drug-likeness (QED) is 0.213. The van der Waals surface area contributed by atoms with E-state index >= 15 is 0 Å². The van der Waals surface area contributed by atoms with Crippen molar-refractivity contribution < 1.29 is 44.6 Å². The zero-order chi connectivity index (χ0) is 33.1. The fourth-order valence-electron chi connectivity index (χ4n) is 12.5. The summed E-state index contributed by atoms with van der Waals surface area (Å²) in [5, 5.41) is 53.2. The van der Waals surface area contributed by atoms with Crippen molar-refractivity contribution in [1.82, 2.24) is 0 Å². The zero-order valence-electron chi connectivity index (χ0n) is 28.2. The zero-order valence-corrected chi connectivity index (χ0v) is 28.2. The van der Waals surface area contributed by atoms with Crippen LogP contribution in [0.3, 0.4) is 0 Å². The first-order chi connectivity index (χ1) is 20.9. The largest absolute Gasteiger partial charge is 0.481 e. The smallest absolute Gasteiger partial charge is 0.314 e. The molecule has 0 bridgehead atoms. The van der Waals surface area contributed by atoms with Gasteiger partial charge < -0.3 is 35.0 Å². The van der Waals surface area contributed by atoms with Crippen LogP contribution in [0.25, 0.3) is 0 Å². The Kier molecular flexibility index (Phi) is 7.97. The molecule has 0 aromatic heterocycles. The molecule has 5 aliphatic carbocycles.